The highest BCUT2D eigenvalue weighted by Gasteiger charge is 2.46. The molecule has 3 rings (SSSR count). The summed E-state index contributed by atoms with van der Waals surface area (Å²) in [5.74, 6) is -1.43. The average Bonchev–Trinajstić information content (AvgIpc) is 2.86. The van der Waals surface area contributed by atoms with Crippen LogP contribution in [0.3, 0.4) is 0 Å². The van der Waals surface area contributed by atoms with Crippen LogP contribution < -0.4 is 0 Å². The van der Waals surface area contributed by atoms with Crippen molar-refractivity contribution < 1.29 is 14.7 Å². The first-order valence-corrected chi connectivity index (χ1v) is 9.76. The fraction of sp³-hybridized carbons (Fsp3) is 0.273. The van der Waals surface area contributed by atoms with Crippen molar-refractivity contribution >= 4 is 40.7 Å². The molecule has 1 aliphatic rings. The van der Waals surface area contributed by atoms with E-state index in [1.807, 2.05) is 32.9 Å². The topological polar surface area (TPSA) is 57.6 Å². The minimum absolute atomic E-state index is 0.0405. The summed E-state index contributed by atoms with van der Waals surface area (Å²) >= 11 is 12.4. The van der Waals surface area contributed by atoms with Gasteiger partial charge in [-0.2, -0.15) is 0 Å². The molecular weight excluding hydrogens is 397 g/mol. The van der Waals surface area contributed by atoms with Gasteiger partial charge < -0.3 is 10.0 Å². The number of Topliss-reactive ketones (excluding diaryl/α,β-unsaturated/α-hetero) is 1. The van der Waals surface area contributed by atoms with Gasteiger partial charge in [0.15, 0.2) is 0 Å². The number of nitrogens with zero attached hydrogens (tertiary/aromatic N) is 1. The van der Waals surface area contributed by atoms with Crippen LogP contribution in [0, 0.1) is 12.8 Å². The molecule has 1 atom stereocenters. The number of aryl methyl sites for hydroxylation is 1. The standard InChI is InChI=1S/C22H21Cl2NO3/c1-12(2)11-25-19(16-9-8-15(23)10-17(16)24)18(21(27)22(25)28)20(26)14-6-4-13(3)5-7-14/h4-10,12,19,26H,11H2,1-3H3/t19-/m1/s1. The van der Waals surface area contributed by atoms with Gasteiger partial charge in [0.05, 0.1) is 11.6 Å². The molecule has 1 N–H and O–H groups in total. The third kappa shape index (κ3) is 3.80. The Labute approximate surface area is 174 Å². The lowest BCUT2D eigenvalue weighted by molar-refractivity contribution is -0.140. The van der Waals surface area contributed by atoms with Crippen molar-refractivity contribution in [3.63, 3.8) is 0 Å². The van der Waals surface area contributed by atoms with Crippen LogP contribution in [-0.4, -0.2) is 28.2 Å². The van der Waals surface area contributed by atoms with Crippen LogP contribution in [0.2, 0.25) is 10.0 Å². The first-order valence-electron chi connectivity index (χ1n) is 9.01. The third-order valence-corrected chi connectivity index (χ3v) is 5.25. The molecule has 2 aromatic rings. The number of hydrogen-bond acceptors (Lipinski definition) is 3. The number of halogens is 2. The zero-order valence-corrected chi connectivity index (χ0v) is 17.4. The van der Waals surface area contributed by atoms with Crippen molar-refractivity contribution in [3.05, 3.63) is 74.8 Å². The monoisotopic (exact) mass is 417 g/mol. The number of likely N-dealkylation sites (tertiary alicyclic amines) is 1. The van der Waals surface area contributed by atoms with Crippen LogP contribution in [-0.2, 0) is 9.59 Å². The molecule has 2 aromatic carbocycles. The second-order valence-electron chi connectivity index (χ2n) is 7.38. The predicted molar refractivity (Wildman–Crippen MR) is 111 cm³/mol. The number of aliphatic hydroxyl groups excluding tert-OH is 1. The SMILES string of the molecule is Cc1ccc(C(O)=C2C(=O)C(=O)N(CC(C)C)[C@@H]2c2ccc(Cl)cc2Cl)cc1. The number of hydrogen-bond donors (Lipinski definition) is 1. The molecule has 1 fully saturated rings. The van der Waals surface area contributed by atoms with Gasteiger partial charge in [0.1, 0.15) is 5.76 Å². The molecule has 4 nitrogen and oxygen atoms in total. The first-order chi connectivity index (χ1) is 13.2. The van der Waals surface area contributed by atoms with E-state index in [-0.39, 0.29) is 17.3 Å². The number of rotatable bonds is 4. The molecule has 6 heteroatoms. The number of ketones is 1. The fourth-order valence-corrected chi connectivity index (χ4v) is 3.89. The van der Waals surface area contributed by atoms with Gasteiger partial charge in [-0.15, -0.1) is 0 Å². The lowest BCUT2D eigenvalue weighted by atomic mass is 9.94. The van der Waals surface area contributed by atoms with E-state index >= 15 is 0 Å². The Morgan fingerprint density at radius 2 is 1.75 bits per heavy atom. The van der Waals surface area contributed by atoms with E-state index in [4.69, 9.17) is 23.2 Å². The Bertz CT molecular complexity index is 964. The quantitative estimate of drug-likeness (QED) is 0.412. The highest BCUT2D eigenvalue weighted by Crippen LogP contribution is 2.42. The summed E-state index contributed by atoms with van der Waals surface area (Å²) in [6, 6.07) is 11.3. The van der Waals surface area contributed by atoms with E-state index in [2.05, 4.69) is 0 Å². The predicted octanol–water partition coefficient (Wildman–Crippen LogP) is 5.38. The Balaban J connectivity index is 2.22. The molecule has 0 aromatic heterocycles. The van der Waals surface area contributed by atoms with Gasteiger partial charge in [0.2, 0.25) is 0 Å². The summed E-state index contributed by atoms with van der Waals surface area (Å²) < 4.78 is 0. The number of benzene rings is 2. The van der Waals surface area contributed by atoms with Crippen molar-refractivity contribution in [2.45, 2.75) is 26.8 Å². The summed E-state index contributed by atoms with van der Waals surface area (Å²) in [6.45, 7) is 6.21. The number of carbonyl (C=O) groups excluding carboxylic acids is 2. The maximum Gasteiger partial charge on any atom is 0.295 e. The van der Waals surface area contributed by atoms with Crippen LogP contribution >= 0.6 is 23.2 Å². The van der Waals surface area contributed by atoms with Crippen LogP contribution in [0.5, 0.6) is 0 Å². The fourth-order valence-electron chi connectivity index (χ4n) is 3.38. The summed E-state index contributed by atoms with van der Waals surface area (Å²) in [6.07, 6.45) is 0. The van der Waals surface area contributed by atoms with E-state index in [0.29, 0.717) is 27.7 Å². The Morgan fingerprint density at radius 1 is 1.11 bits per heavy atom. The molecule has 1 amide bonds. The summed E-state index contributed by atoms with van der Waals surface area (Å²) in [5.41, 5.74) is 2.09. The first kappa shape index (κ1) is 20.4. The van der Waals surface area contributed by atoms with Gasteiger partial charge in [-0.1, -0.05) is 72.9 Å². The van der Waals surface area contributed by atoms with Gasteiger partial charge in [0, 0.05) is 22.2 Å². The van der Waals surface area contributed by atoms with Crippen LogP contribution in [0.4, 0.5) is 0 Å². The molecule has 0 saturated carbocycles. The Kier molecular flexibility index (Phi) is 5.82. The molecule has 1 heterocycles. The van der Waals surface area contributed by atoms with Crippen LogP contribution in [0.1, 0.15) is 36.6 Å². The normalized spacial score (nSPS) is 18.9. The molecule has 1 saturated heterocycles. The minimum Gasteiger partial charge on any atom is -0.507 e. The second kappa shape index (κ2) is 7.98. The van der Waals surface area contributed by atoms with E-state index in [0.717, 1.165) is 5.56 Å². The molecule has 0 bridgehead atoms. The second-order valence-corrected chi connectivity index (χ2v) is 8.22. The zero-order chi connectivity index (χ0) is 20.6. The van der Waals surface area contributed by atoms with E-state index in [1.54, 1.807) is 30.3 Å². The van der Waals surface area contributed by atoms with Crippen LogP contribution in [0.15, 0.2) is 48.0 Å². The van der Waals surface area contributed by atoms with Crippen molar-refractivity contribution in [1.29, 1.82) is 0 Å². The molecule has 0 spiro atoms. The Morgan fingerprint density at radius 3 is 2.32 bits per heavy atom. The van der Waals surface area contributed by atoms with Gasteiger partial charge in [-0.05, 0) is 30.5 Å². The van der Waals surface area contributed by atoms with Gasteiger partial charge in [-0.3, -0.25) is 9.59 Å². The highest BCUT2D eigenvalue weighted by molar-refractivity contribution is 6.47. The van der Waals surface area contributed by atoms with Crippen molar-refractivity contribution in [1.82, 2.24) is 4.90 Å². The highest BCUT2D eigenvalue weighted by atomic mass is 35.5. The zero-order valence-electron chi connectivity index (χ0n) is 15.9. The molecular formula is C22H21Cl2NO3. The largest absolute Gasteiger partial charge is 0.507 e. The summed E-state index contributed by atoms with van der Waals surface area (Å²) in [7, 11) is 0. The average molecular weight is 418 g/mol. The maximum absolute atomic E-state index is 12.9. The van der Waals surface area contributed by atoms with Gasteiger partial charge in [-0.25, -0.2) is 0 Å². The number of amides is 1. The molecule has 0 radical (unpaired) electrons. The van der Waals surface area contributed by atoms with Crippen molar-refractivity contribution in [3.8, 4) is 0 Å². The van der Waals surface area contributed by atoms with Crippen LogP contribution in [0.25, 0.3) is 5.76 Å². The summed E-state index contributed by atoms with van der Waals surface area (Å²) in [5, 5.41) is 11.7. The Hall–Kier alpha value is -2.30. The van der Waals surface area contributed by atoms with Crippen molar-refractivity contribution in [2.24, 2.45) is 5.92 Å². The van der Waals surface area contributed by atoms with Gasteiger partial charge in [0.25, 0.3) is 11.7 Å². The molecule has 28 heavy (non-hydrogen) atoms. The van der Waals surface area contributed by atoms with Gasteiger partial charge >= 0.3 is 0 Å². The third-order valence-electron chi connectivity index (χ3n) is 4.68. The molecule has 1 aliphatic heterocycles. The number of carbonyl (C=O) groups is 2. The maximum atomic E-state index is 12.9. The number of aliphatic hydroxyl groups is 1. The van der Waals surface area contributed by atoms with E-state index in [1.165, 1.54) is 4.90 Å². The van der Waals surface area contributed by atoms with E-state index in [9.17, 15) is 14.7 Å². The summed E-state index contributed by atoms with van der Waals surface area (Å²) in [4.78, 5) is 27.1. The molecule has 0 aliphatic carbocycles. The minimum atomic E-state index is -0.770. The molecule has 146 valence electrons. The van der Waals surface area contributed by atoms with Crippen molar-refractivity contribution in [2.75, 3.05) is 6.54 Å². The lowest BCUT2D eigenvalue weighted by Gasteiger charge is -2.27. The lowest BCUT2D eigenvalue weighted by Crippen LogP contribution is -2.33. The van der Waals surface area contributed by atoms with E-state index < -0.39 is 17.7 Å². The molecule has 0 unspecified atom stereocenters. The smallest absolute Gasteiger partial charge is 0.295 e.